The van der Waals surface area contributed by atoms with Crippen molar-refractivity contribution in [3.63, 3.8) is 0 Å². The van der Waals surface area contributed by atoms with Gasteiger partial charge in [-0.3, -0.25) is 4.79 Å². The van der Waals surface area contributed by atoms with Gasteiger partial charge in [0.2, 0.25) is 0 Å². The minimum absolute atomic E-state index is 0.0586. The molecule has 1 aliphatic heterocycles. The fraction of sp³-hybridized carbons (Fsp3) is 0.545. The summed E-state index contributed by atoms with van der Waals surface area (Å²) >= 11 is 0. The quantitative estimate of drug-likeness (QED) is 0.823. The van der Waals surface area contributed by atoms with E-state index < -0.39 is 5.97 Å². The Morgan fingerprint density at radius 2 is 2.47 bits per heavy atom. The summed E-state index contributed by atoms with van der Waals surface area (Å²) in [7, 11) is 0. The predicted molar refractivity (Wildman–Crippen MR) is 61.0 cm³/mol. The SMILES string of the molecule is Cc1cc(N2CCOCC2CC(=O)O)ncn1. The van der Waals surface area contributed by atoms with Crippen LogP contribution in [0.25, 0.3) is 0 Å². The normalized spacial score (nSPS) is 20.3. The summed E-state index contributed by atoms with van der Waals surface area (Å²) in [5.41, 5.74) is 0.871. The first-order chi connectivity index (χ1) is 8.16. The second-order valence-electron chi connectivity index (χ2n) is 4.04. The number of aliphatic carboxylic acids is 1. The van der Waals surface area contributed by atoms with Gasteiger partial charge in [-0.05, 0) is 6.92 Å². The van der Waals surface area contributed by atoms with Crippen molar-refractivity contribution < 1.29 is 14.6 Å². The van der Waals surface area contributed by atoms with Gasteiger partial charge in [0.1, 0.15) is 12.1 Å². The van der Waals surface area contributed by atoms with Gasteiger partial charge in [0, 0.05) is 18.3 Å². The fourth-order valence-corrected chi connectivity index (χ4v) is 1.92. The number of morpholine rings is 1. The lowest BCUT2D eigenvalue weighted by Crippen LogP contribution is -2.47. The molecular weight excluding hydrogens is 222 g/mol. The van der Waals surface area contributed by atoms with Gasteiger partial charge in [-0.25, -0.2) is 9.97 Å². The van der Waals surface area contributed by atoms with E-state index in [1.54, 1.807) is 0 Å². The molecule has 2 heterocycles. The van der Waals surface area contributed by atoms with Crippen LogP contribution in [0, 0.1) is 6.92 Å². The Hall–Kier alpha value is -1.69. The Balaban J connectivity index is 2.18. The number of anilines is 1. The number of carboxylic acids is 1. The lowest BCUT2D eigenvalue weighted by molar-refractivity contribution is -0.138. The van der Waals surface area contributed by atoms with Crippen LogP contribution in [0.15, 0.2) is 12.4 Å². The summed E-state index contributed by atoms with van der Waals surface area (Å²) in [5, 5.41) is 8.87. The summed E-state index contributed by atoms with van der Waals surface area (Å²) in [4.78, 5) is 21.0. The van der Waals surface area contributed by atoms with Crippen molar-refractivity contribution in [2.75, 3.05) is 24.7 Å². The lowest BCUT2D eigenvalue weighted by atomic mass is 10.1. The molecule has 0 saturated carbocycles. The fourth-order valence-electron chi connectivity index (χ4n) is 1.92. The Labute approximate surface area is 99.2 Å². The van der Waals surface area contributed by atoms with Crippen molar-refractivity contribution in [3.05, 3.63) is 18.1 Å². The maximum absolute atomic E-state index is 10.8. The summed E-state index contributed by atoms with van der Waals surface area (Å²) in [6, 6.07) is 1.70. The minimum Gasteiger partial charge on any atom is -0.481 e. The number of rotatable bonds is 3. The Morgan fingerprint density at radius 3 is 3.18 bits per heavy atom. The molecule has 0 radical (unpaired) electrons. The lowest BCUT2D eigenvalue weighted by Gasteiger charge is -2.35. The standard InChI is InChI=1S/C11H15N3O3/c1-8-4-10(13-7-12-8)14-2-3-17-6-9(14)5-11(15)16/h4,7,9H,2-3,5-6H2,1H3,(H,15,16). The molecule has 2 rings (SSSR count). The zero-order chi connectivity index (χ0) is 12.3. The molecule has 1 unspecified atom stereocenters. The van der Waals surface area contributed by atoms with Crippen LogP contribution in [0.5, 0.6) is 0 Å². The van der Waals surface area contributed by atoms with Gasteiger partial charge in [-0.2, -0.15) is 0 Å². The van der Waals surface area contributed by atoms with Gasteiger partial charge in [-0.1, -0.05) is 0 Å². The molecule has 1 atom stereocenters. The van der Waals surface area contributed by atoms with Crippen molar-refractivity contribution in [1.29, 1.82) is 0 Å². The van der Waals surface area contributed by atoms with E-state index in [9.17, 15) is 4.79 Å². The zero-order valence-electron chi connectivity index (χ0n) is 9.67. The van der Waals surface area contributed by atoms with E-state index in [1.165, 1.54) is 6.33 Å². The molecule has 6 heteroatoms. The van der Waals surface area contributed by atoms with E-state index in [-0.39, 0.29) is 12.5 Å². The smallest absolute Gasteiger partial charge is 0.305 e. The molecule has 1 fully saturated rings. The molecule has 0 bridgehead atoms. The molecule has 1 saturated heterocycles. The monoisotopic (exact) mass is 237 g/mol. The molecule has 92 valence electrons. The van der Waals surface area contributed by atoms with Crippen LogP contribution in [0.4, 0.5) is 5.82 Å². The van der Waals surface area contributed by atoms with Crippen LogP contribution in [-0.4, -0.2) is 46.8 Å². The molecule has 0 aliphatic carbocycles. The number of carboxylic acid groups (broad SMARTS) is 1. The van der Waals surface area contributed by atoms with Crippen LogP contribution >= 0.6 is 0 Å². The Bertz CT molecular complexity index is 411. The number of carbonyl (C=O) groups is 1. The molecule has 0 spiro atoms. The molecule has 1 aromatic rings. The first-order valence-corrected chi connectivity index (χ1v) is 5.51. The number of hydrogen-bond acceptors (Lipinski definition) is 5. The third-order valence-corrected chi connectivity index (χ3v) is 2.72. The topological polar surface area (TPSA) is 75.5 Å². The zero-order valence-corrected chi connectivity index (χ0v) is 9.67. The highest BCUT2D eigenvalue weighted by atomic mass is 16.5. The van der Waals surface area contributed by atoms with Crippen molar-refractivity contribution in [2.45, 2.75) is 19.4 Å². The first kappa shape index (κ1) is 11.8. The number of hydrogen-bond donors (Lipinski definition) is 1. The molecular formula is C11H15N3O3. The van der Waals surface area contributed by atoms with Crippen LogP contribution in [-0.2, 0) is 9.53 Å². The number of aryl methyl sites for hydroxylation is 1. The minimum atomic E-state index is -0.823. The van der Waals surface area contributed by atoms with Crippen LogP contribution in [0.1, 0.15) is 12.1 Å². The van der Waals surface area contributed by atoms with Crippen molar-refractivity contribution in [1.82, 2.24) is 9.97 Å². The van der Waals surface area contributed by atoms with Gasteiger partial charge in [0.05, 0.1) is 25.7 Å². The molecule has 0 aromatic carbocycles. The average molecular weight is 237 g/mol. The average Bonchev–Trinajstić information content (AvgIpc) is 2.29. The first-order valence-electron chi connectivity index (χ1n) is 5.51. The molecule has 6 nitrogen and oxygen atoms in total. The van der Waals surface area contributed by atoms with Crippen molar-refractivity contribution in [2.24, 2.45) is 0 Å². The second kappa shape index (κ2) is 5.09. The highest BCUT2D eigenvalue weighted by Gasteiger charge is 2.26. The van der Waals surface area contributed by atoms with Gasteiger partial charge in [-0.15, -0.1) is 0 Å². The molecule has 17 heavy (non-hydrogen) atoms. The molecule has 1 aromatic heterocycles. The van der Waals surface area contributed by atoms with E-state index >= 15 is 0 Å². The summed E-state index contributed by atoms with van der Waals surface area (Å²) in [6.07, 6.45) is 1.56. The van der Waals surface area contributed by atoms with E-state index in [0.717, 1.165) is 11.5 Å². The van der Waals surface area contributed by atoms with Crippen molar-refractivity contribution >= 4 is 11.8 Å². The molecule has 1 N–H and O–H groups in total. The third kappa shape index (κ3) is 2.91. The van der Waals surface area contributed by atoms with E-state index in [4.69, 9.17) is 9.84 Å². The third-order valence-electron chi connectivity index (χ3n) is 2.72. The number of aromatic nitrogens is 2. The maximum atomic E-state index is 10.8. The van der Waals surface area contributed by atoms with Gasteiger partial charge < -0.3 is 14.7 Å². The Morgan fingerprint density at radius 1 is 1.65 bits per heavy atom. The van der Waals surface area contributed by atoms with Crippen LogP contribution < -0.4 is 4.90 Å². The number of nitrogens with zero attached hydrogens (tertiary/aromatic N) is 3. The van der Waals surface area contributed by atoms with E-state index in [1.807, 2.05) is 17.9 Å². The largest absolute Gasteiger partial charge is 0.481 e. The maximum Gasteiger partial charge on any atom is 0.305 e. The van der Waals surface area contributed by atoms with Crippen LogP contribution in [0.3, 0.4) is 0 Å². The van der Waals surface area contributed by atoms with E-state index in [0.29, 0.717) is 19.8 Å². The highest BCUT2D eigenvalue weighted by Crippen LogP contribution is 2.19. The van der Waals surface area contributed by atoms with Gasteiger partial charge in [0.25, 0.3) is 0 Å². The van der Waals surface area contributed by atoms with Crippen molar-refractivity contribution in [3.8, 4) is 0 Å². The van der Waals surface area contributed by atoms with Gasteiger partial charge >= 0.3 is 5.97 Å². The highest BCUT2D eigenvalue weighted by molar-refractivity contribution is 5.68. The Kier molecular flexibility index (Phi) is 3.53. The van der Waals surface area contributed by atoms with E-state index in [2.05, 4.69) is 9.97 Å². The predicted octanol–water partition coefficient (Wildman–Crippen LogP) is 0.465. The summed E-state index contributed by atoms with van der Waals surface area (Å²) in [6.45, 7) is 3.57. The van der Waals surface area contributed by atoms with Gasteiger partial charge in [0.15, 0.2) is 0 Å². The molecule has 0 amide bonds. The molecule has 1 aliphatic rings. The summed E-state index contributed by atoms with van der Waals surface area (Å²) < 4.78 is 5.32. The van der Waals surface area contributed by atoms with Crippen LogP contribution in [0.2, 0.25) is 0 Å². The second-order valence-corrected chi connectivity index (χ2v) is 4.04. The summed E-state index contributed by atoms with van der Waals surface area (Å²) in [5.74, 6) is -0.0525. The number of ether oxygens (including phenoxy) is 1.